The predicted octanol–water partition coefficient (Wildman–Crippen LogP) is 1.41. The molecule has 0 aromatic carbocycles. The average Bonchev–Trinajstić information content (AvgIpc) is 3.18. The Morgan fingerprint density at radius 2 is 2.42 bits per heavy atom. The number of hydrogen-bond acceptors (Lipinski definition) is 7. The van der Waals surface area contributed by atoms with Gasteiger partial charge in [0.25, 0.3) is 0 Å². The van der Waals surface area contributed by atoms with Crippen molar-refractivity contribution >= 4 is 17.3 Å². The van der Waals surface area contributed by atoms with Crippen molar-refractivity contribution in [3.05, 3.63) is 24.2 Å². The normalized spacial score (nSPS) is 23.5. The zero-order valence-electron chi connectivity index (χ0n) is 13.6. The lowest BCUT2D eigenvalue weighted by molar-refractivity contribution is -0.152. The first-order valence-electron chi connectivity index (χ1n) is 7.81. The van der Waals surface area contributed by atoms with Crippen molar-refractivity contribution in [2.75, 3.05) is 12.3 Å². The van der Waals surface area contributed by atoms with Crippen LogP contribution in [0.4, 0.5) is 5.82 Å². The Balaban J connectivity index is 1.82. The van der Waals surface area contributed by atoms with Crippen LogP contribution in [0.2, 0.25) is 0 Å². The highest BCUT2D eigenvalue weighted by Crippen LogP contribution is 2.39. The van der Waals surface area contributed by atoms with Gasteiger partial charge in [0, 0.05) is 0 Å². The third-order valence-corrected chi connectivity index (χ3v) is 4.15. The van der Waals surface area contributed by atoms with Crippen LogP contribution in [0.3, 0.4) is 0 Å². The van der Waals surface area contributed by atoms with Gasteiger partial charge >= 0.3 is 5.97 Å². The number of fused-ring (bicyclic) bond motifs is 1. The second kappa shape index (κ2) is 6.09. The predicted molar refractivity (Wildman–Crippen MR) is 84.6 cm³/mol. The van der Waals surface area contributed by atoms with E-state index < -0.39 is 5.60 Å². The summed E-state index contributed by atoms with van der Waals surface area (Å²) in [7, 11) is 0. The molecule has 3 heterocycles. The number of carbonyl (C=O) groups is 1. The van der Waals surface area contributed by atoms with E-state index in [1.165, 1.54) is 6.33 Å². The van der Waals surface area contributed by atoms with Gasteiger partial charge in [-0.15, -0.1) is 0 Å². The van der Waals surface area contributed by atoms with Crippen molar-refractivity contribution in [3.8, 4) is 6.07 Å². The third-order valence-electron chi connectivity index (χ3n) is 4.15. The minimum Gasteiger partial charge on any atom is -0.463 e. The first-order valence-corrected chi connectivity index (χ1v) is 7.81. The van der Waals surface area contributed by atoms with Crippen LogP contribution in [0.25, 0.3) is 5.52 Å². The molecule has 0 bridgehead atoms. The molecule has 24 heavy (non-hydrogen) atoms. The number of nitrogens with zero attached hydrogens (tertiary/aromatic N) is 4. The van der Waals surface area contributed by atoms with Gasteiger partial charge in [-0.1, -0.05) is 13.8 Å². The fourth-order valence-corrected chi connectivity index (χ4v) is 2.81. The Morgan fingerprint density at radius 1 is 1.62 bits per heavy atom. The van der Waals surface area contributed by atoms with Gasteiger partial charge in [0.1, 0.15) is 24.5 Å². The van der Waals surface area contributed by atoms with E-state index in [0.717, 1.165) is 0 Å². The molecule has 1 aliphatic heterocycles. The lowest BCUT2D eigenvalue weighted by atomic mass is 9.98. The number of aromatic nitrogens is 3. The third kappa shape index (κ3) is 2.67. The number of nitrogens with two attached hydrogens (primary N) is 1. The van der Waals surface area contributed by atoms with E-state index in [2.05, 4.69) is 16.2 Å². The minimum atomic E-state index is -1.14. The summed E-state index contributed by atoms with van der Waals surface area (Å²) in [5.41, 5.74) is 5.93. The molecule has 126 valence electrons. The van der Waals surface area contributed by atoms with E-state index >= 15 is 0 Å². The molecule has 2 N–H and O–H groups in total. The molecule has 1 saturated heterocycles. The van der Waals surface area contributed by atoms with Crippen LogP contribution in [0.15, 0.2) is 18.5 Å². The Kier molecular flexibility index (Phi) is 4.11. The molecule has 2 atom stereocenters. The maximum atomic E-state index is 11.6. The van der Waals surface area contributed by atoms with Crippen molar-refractivity contribution in [3.63, 3.8) is 0 Å². The first kappa shape index (κ1) is 16.2. The fourth-order valence-electron chi connectivity index (χ4n) is 2.81. The van der Waals surface area contributed by atoms with Crippen molar-refractivity contribution < 1.29 is 14.3 Å². The maximum Gasteiger partial charge on any atom is 0.308 e. The highest BCUT2D eigenvalue weighted by atomic mass is 16.6. The van der Waals surface area contributed by atoms with E-state index in [-0.39, 0.29) is 24.6 Å². The number of anilines is 1. The number of nitriles is 1. The zero-order valence-corrected chi connectivity index (χ0v) is 13.6. The van der Waals surface area contributed by atoms with Crippen LogP contribution in [-0.4, -0.2) is 33.3 Å². The lowest BCUT2D eigenvalue weighted by Crippen LogP contribution is -2.29. The van der Waals surface area contributed by atoms with Crippen molar-refractivity contribution in [1.29, 1.82) is 5.26 Å². The first-order chi connectivity index (χ1) is 11.5. The molecule has 1 aliphatic rings. The summed E-state index contributed by atoms with van der Waals surface area (Å²) in [6, 6.07) is 5.78. The molecule has 2 aromatic rings. The summed E-state index contributed by atoms with van der Waals surface area (Å²) in [4.78, 5) is 15.5. The van der Waals surface area contributed by atoms with Gasteiger partial charge in [-0.05, 0) is 25.0 Å². The standard InChI is InChI=1S/C16H19N5O3/c1-10(2)15(22)23-7-11-5-6-16(8-17,24-11)13-4-3-12-14(18)19-9-20-21(12)13/h3-4,9-11H,5-7H2,1-2H3,(H2,18,19,20). The van der Waals surface area contributed by atoms with Crippen LogP contribution >= 0.6 is 0 Å². The van der Waals surface area contributed by atoms with E-state index in [1.54, 1.807) is 30.5 Å². The fraction of sp³-hybridized carbons (Fsp3) is 0.500. The second-order valence-electron chi connectivity index (χ2n) is 6.16. The molecule has 2 unspecified atom stereocenters. The molecule has 0 saturated carbocycles. The number of rotatable bonds is 4. The number of ether oxygens (including phenoxy) is 2. The molecule has 8 heteroatoms. The summed E-state index contributed by atoms with van der Waals surface area (Å²) >= 11 is 0. The molecule has 2 aromatic heterocycles. The highest BCUT2D eigenvalue weighted by Gasteiger charge is 2.45. The Hall–Kier alpha value is -2.66. The summed E-state index contributed by atoms with van der Waals surface area (Å²) < 4.78 is 12.8. The quantitative estimate of drug-likeness (QED) is 0.843. The molecule has 0 amide bonds. The summed E-state index contributed by atoms with van der Waals surface area (Å²) in [5.74, 6) is -0.132. The Morgan fingerprint density at radius 3 is 3.12 bits per heavy atom. The molecular weight excluding hydrogens is 310 g/mol. The van der Waals surface area contributed by atoms with Crippen LogP contribution in [0.5, 0.6) is 0 Å². The molecule has 1 fully saturated rings. The average molecular weight is 329 g/mol. The highest BCUT2D eigenvalue weighted by molar-refractivity contribution is 5.71. The van der Waals surface area contributed by atoms with Crippen molar-refractivity contribution in [2.24, 2.45) is 5.92 Å². The molecule has 0 aliphatic carbocycles. The molecule has 0 radical (unpaired) electrons. The summed E-state index contributed by atoms with van der Waals surface area (Å²) in [6.45, 7) is 3.68. The van der Waals surface area contributed by atoms with E-state index in [0.29, 0.717) is 29.9 Å². The van der Waals surface area contributed by atoms with Crippen LogP contribution in [0.1, 0.15) is 32.4 Å². The number of carbonyl (C=O) groups excluding carboxylic acids is 1. The number of esters is 1. The lowest BCUT2D eigenvalue weighted by Gasteiger charge is -2.21. The Bertz CT molecular complexity index is 810. The summed E-state index contributed by atoms with van der Waals surface area (Å²) in [6.07, 6.45) is 2.13. The molecule has 3 rings (SSSR count). The van der Waals surface area contributed by atoms with E-state index in [4.69, 9.17) is 15.2 Å². The molecule has 0 spiro atoms. The Labute approximate surface area is 139 Å². The number of nitrogen functional groups attached to an aromatic ring is 1. The van der Waals surface area contributed by atoms with Gasteiger partial charge in [0.05, 0.1) is 17.7 Å². The van der Waals surface area contributed by atoms with Crippen molar-refractivity contribution in [1.82, 2.24) is 14.6 Å². The van der Waals surface area contributed by atoms with Crippen molar-refractivity contribution in [2.45, 2.75) is 38.4 Å². The largest absolute Gasteiger partial charge is 0.463 e. The summed E-state index contributed by atoms with van der Waals surface area (Å²) in [5, 5.41) is 13.9. The SMILES string of the molecule is CC(C)C(=O)OCC1CCC(C#N)(c2ccc3c(N)ncnn23)O1. The molecular formula is C16H19N5O3. The minimum absolute atomic E-state index is 0.140. The topological polar surface area (TPSA) is 116 Å². The van der Waals surface area contributed by atoms with E-state index in [9.17, 15) is 10.1 Å². The van der Waals surface area contributed by atoms with Gasteiger partial charge in [0.2, 0.25) is 0 Å². The van der Waals surface area contributed by atoms with Gasteiger partial charge in [-0.25, -0.2) is 9.50 Å². The van der Waals surface area contributed by atoms with Crippen LogP contribution < -0.4 is 5.73 Å². The monoisotopic (exact) mass is 329 g/mol. The maximum absolute atomic E-state index is 11.6. The van der Waals surface area contributed by atoms with Gasteiger partial charge in [-0.2, -0.15) is 10.4 Å². The van der Waals surface area contributed by atoms with Crippen LogP contribution in [-0.2, 0) is 19.9 Å². The van der Waals surface area contributed by atoms with Gasteiger partial charge in [-0.3, -0.25) is 4.79 Å². The van der Waals surface area contributed by atoms with Gasteiger partial charge < -0.3 is 15.2 Å². The smallest absolute Gasteiger partial charge is 0.308 e. The number of hydrogen-bond donors (Lipinski definition) is 1. The van der Waals surface area contributed by atoms with Crippen LogP contribution in [0, 0.1) is 17.2 Å². The second-order valence-corrected chi connectivity index (χ2v) is 6.16. The van der Waals surface area contributed by atoms with E-state index in [1.807, 2.05) is 0 Å². The van der Waals surface area contributed by atoms with Gasteiger partial charge in [0.15, 0.2) is 11.4 Å². The zero-order chi connectivity index (χ0) is 17.3. The molecule has 8 nitrogen and oxygen atoms in total.